The molecule has 0 unspecified atom stereocenters. The van der Waals surface area contributed by atoms with E-state index < -0.39 is 26.5 Å². The van der Waals surface area contributed by atoms with Crippen molar-refractivity contribution in [2.24, 2.45) is 5.92 Å². The van der Waals surface area contributed by atoms with Crippen LogP contribution in [0.15, 0.2) is 54.6 Å². The Morgan fingerprint density at radius 1 is 1.17 bits per heavy atom. The summed E-state index contributed by atoms with van der Waals surface area (Å²) in [6, 6.07) is 8.92. The molecule has 0 aromatic heterocycles. The van der Waals surface area contributed by atoms with Crippen molar-refractivity contribution in [1.29, 1.82) is 0 Å². The minimum absolute atomic E-state index is 0.0263. The highest BCUT2D eigenvalue weighted by Gasteiger charge is 2.45. The van der Waals surface area contributed by atoms with Gasteiger partial charge in [-0.3, -0.25) is 0 Å². The van der Waals surface area contributed by atoms with E-state index in [0.29, 0.717) is 24.0 Å². The summed E-state index contributed by atoms with van der Waals surface area (Å²) in [7, 11) is -0.816. The van der Waals surface area contributed by atoms with Crippen LogP contribution in [0.5, 0.6) is 0 Å². The Bertz CT molecular complexity index is 792. The molecule has 0 amide bonds. The van der Waals surface area contributed by atoms with Gasteiger partial charge in [0, 0.05) is 17.9 Å². The maximum atomic E-state index is 12.8. The molecule has 3 atom stereocenters. The number of hydrogen-bond acceptors (Lipinski definition) is 5. The molecule has 0 aliphatic heterocycles. The first-order valence-corrected chi connectivity index (χ1v) is 13.2. The maximum absolute atomic E-state index is 12.8. The number of ether oxygens (including phenoxy) is 2. The van der Waals surface area contributed by atoms with Gasteiger partial charge in [-0.05, 0) is 36.7 Å². The maximum Gasteiger partial charge on any atom is 0.338 e. The van der Waals surface area contributed by atoms with Crippen LogP contribution in [0.4, 0.5) is 0 Å². The van der Waals surface area contributed by atoms with Crippen molar-refractivity contribution >= 4 is 20.3 Å². The number of benzene rings is 1. The van der Waals surface area contributed by atoms with Crippen molar-refractivity contribution < 1.29 is 23.5 Å². The number of carbonyl (C=O) groups is 2. The van der Waals surface area contributed by atoms with Gasteiger partial charge in [0.2, 0.25) is 0 Å². The molecule has 0 saturated heterocycles. The van der Waals surface area contributed by atoms with Crippen molar-refractivity contribution in [1.82, 2.24) is 0 Å². The van der Waals surface area contributed by atoms with Crippen LogP contribution in [0.3, 0.4) is 0 Å². The number of carbonyl (C=O) groups excluding carboxylic acids is 2. The monoisotopic (exact) mass is 430 g/mol. The summed E-state index contributed by atoms with van der Waals surface area (Å²) in [6.45, 7) is 14.6. The average molecular weight is 431 g/mol. The molecule has 0 saturated carbocycles. The summed E-state index contributed by atoms with van der Waals surface area (Å²) in [5.41, 5.74) is 1.05. The van der Waals surface area contributed by atoms with Gasteiger partial charge in [0.15, 0.2) is 8.32 Å². The van der Waals surface area contributed by atoms with Gasteiger partial charge in [-0.25, -0.2) is 9.59 Å². The van der Waals surface area contributed by atoms with E-state index in [-0.39, 0.29) is 16.9 Å². The molecule has 0 spiro atoms. The molecular formula is C24H34O5Si. The summed E-state index contributed by atoms with van der Waals surface area (Å²) < 4.78 is 17.6. The van der Waals surface area contributed by atoms with Crippen molar-refractivity contribution in [3.63, 3.8) is 0 Å². The molecule has 5 nitrogen and oxygen atoms in total. The minimum atomic E-state index is -2.19. The summed E-state index contributed by atoms with van der Waals surface area (Å²) in [4.78, 5) is 25.1. The zero-order chi connectivity index (χ0) is 22.5. The molecule has 2 rings (SSSR count). The second kappa shape index (κ2) is 9.75. The third-order valence-corrected chi connectivity index (χ3v) is 10.5. The van der Waals surface area contributed by atoms with Crippen molar-refractivity contribution in [2.45, 2.75) is 64.0 Å². The number of esters is 2. The Morgan fingerprint density at radius 2 is 1.80 bits per heavy atom. The first-order valence-electron chi connectivity index (χ1n) is 10.3. The molecule has 0 fully saturated rings. The van der Waals surface area contributed by atoms with Crippen LogP contribution in [-0.4, -0.2) is 39.6 Å². The van der Waals surface area contributed by atoms with Crippen LogP contribution >= 0.6 is 0 Å². The van der Waals surface area contributed by atoms with Gasteiger partial charge in [0.1, 0.15) is 6.10 Å². The number of methoxy groups -OCH3 is 1. The highest BCUT2D eigenvalue weighted by Crippen LogP contribution is 2.41. The van der Waals surface area contributed by atoms with E-state index in [0.717, 1.165) is 0 Å². The van der Waals surface area contributed by atoms with Gasteiger partial charge in [-0.1, -0.05) is 51.1 Å². The molecule has 0 heterocycles. The van der Waals surface area contributed by atoms with Gasteiger partial charge >= 0.3 is 11.9 Å². The quantitative estimate of drug-likeness (QED) is 0.334. The fourth-order valence-electron chi connectivity index (χ4n) is 3.30. The normalized spacial score (nSPS) is 22.1. The predicted molar refractivity (Wildman–Crippen MR) is 121 cm³/mol. The van der Waals surface area contributed by atoms with E-state index in [1.165, 1.54) is 7.11 Å². The van der Waals surface area contributed by atoms with Gasteiger partial charge in [-0.2, -0.15) is 0 Å². The predicted octanol–water partition coefficient (Wildman–Crippen LogP) is 5.30. The highest BCUT2D eigenvalue weighted by molar-refractivity contribution is 6.74. The summed E-state index contributed by atoms with van der Waals surface area (Å²) in [6.07, 6.45) is 3.58. The lowest BCUT2D eigenvalue weighted by Gasteiger charge is -2.44. The molecular weight excluding hydrogens is 396 g/mol. The first-order chi connectivity index (χ1) is 14.0. The zero-order valence-corrected chi connectivity index (χ0v) is 19.9. The van der Waals surface area contributed by atoms with E-state index >= 15 is 0 Å². The fourth-order valence-corrected chi connectivity index (χ4v) is 4.63. The number of rotatable bonds is 7. The summed E-state index contributed by atoms with van der Waals surface area (Å²) in [5, 5.41) is -0.0263. The molecule has 30 heavy (non-hydrogen) atoms. The lowest BCUT2D eigenvalue weighted by molar-refractivity contribution is -0.137. The van der Waals surface area contributed by atoms with Crippen LogP contribution in [0.25, 0.3) is 0 Å². The highest BCUT2D eigenvalue weighted by atomic mass is 28.4. The lowest BCUT2D eigenvalue weighted by Crippen LogP contribution is -2.51. The van der Waals surface area contributed by atoms with Gasteiger partial charge in [0.05, 0.1) is 18.8 Å². The third kappa shape index (κ3) is 5.70. The second-order valence-electron chi connectivity index (χ2n) is 9.23. The largest absolute Gasteiger partial charge is 0.466 e. The van der Waals surface area contributed by atoms with Crippen LogP contribution in [0.1, 0.15) is 44.0 Å². The lowest BCUT2D eigenvalue weighted by atomic mass is 9.83. The van der Waals surface area contributed by atoms with E-state index in [9.17, 15) is 9.59 Å². The number of allylic oxidation sites excluding steroid dienone is 1. The van der Waals surface area contributed by atoms with E-state index in [1.54, 1.807) is 30.3 Å². The second-order valence-corrected chi connectivity index (χ2v) is 14.0. The van der Waals surface area contributed by atoms with Crippen LogP contribution in [0.2, 0.25) is 18.1 Å². The van der Waals surface area contributed by atoms with Crippen LogP contribution < -0.4 is 0 Å². The van der Waals surface area contributed by atoms with Gasteiger partial charge in [-0.15, -0.1) is 6.58 Å². The molecule has 1 aliphatic carbocycles. The van der Waals surface area contributed by atoms with Crippen molar-refractivity contribution in [3.05, 3.63) is 60.2 Å². The number of hydrogen-bond donors (Lipinski definition) is 0. The van der Waals surface area contributed by atoms with Crippen LogP contribution in [0, 0.1) is 5.92 Å². The van der Waals surface area contributed by atoms with Crippen LogP contribution in [-0.2, 0) is 18.7 Å². The van der Waals surface area contributed by atoms with E-state index in [2.05, 4.69) is 40.4 Å². The van der Waals surface area contributed by atoms with Crippen molar-refractivity contribution in [3.8, 4) is 0 Å². The summed E-state index contributed by atoms with van der Waals surface area (Å²) in [5.74, 6) is -0.984. The molecule has 1 aliphatic rings. The average Bonchev–Trinajstić information content (AvgIpc) is 2.69. The fraction of sp³-hybridized carbons (Fsp3) is 0.500. The standard InChI is InChI=1S/C24H34O5Si/c1-8-12-18-15-19(22(25)27-5)16-20(29-30(6,7)24(2,3)4)21(18)28-23(26)17-13-10-9-11-14-17/h8-11,13-15,18,20-21H,1,12,16H2,2-7H3/t18-,20+,21-/m1/s1. The first kappa shape index (κ1) is 24.1. The third-order valence-electron chi connectivity index (χ3n) is 6.02. The minimum Gasteiger partial charge on any atom is -0.466 e. The Hall–Kier alpha value is -2.18. The van der Waals surface area contributed by atoms with E-state index in [1.807, 2.05) is 12.1 Å². The van der Waals surface area contributed by atoms with Gasteiger partial charge < -0.3 is 13.9 Å². The van der Waals surface area contributed by atoms with Crippen molar-refractivity contribution in [2.75, 3.05) is 7.11 Å². The summed E-state index contributed by atoms with van der Waals surface area (Å²) >= 11 is 0. The Balaban J connectivity index is 2.41. The molecule has 0 radical (unpaired) electrons. The smallest absolute Gasteiger partial charge is 0.338 e. The zero-order valence-electron chi connectivity index (χ0n) is 18.9. The molecule has 164 valence electrons. The molecule has 0 N–H and O–H groups in total. The molecule has 0 bridgehead atoms. The molecule has 1 aromatic carbocycles. The SMILES string of the molecule is C=CC[C@@H]1C=C(C(=O)OC)C[C@H](O[Si](C)(C)C(C)(C)C)[C@@H]1OC(=O)c1ccccc1. The Morgan fingerprint density at radius 3 is 2.33 bits per heavy atom. The topological polar surface area (TPSA) is 61.8 Å². The van der Waals surface area contributed by atoms with Gasteiger partial charge in [0.25, 0.3) is 0 Å². The molecule has 6 heteroatoms. The van der Waals surface area contributed by atoms with E-state index in [4.69, 9.17) is 13.9 Å². The Kier molecular flexibility index (Phi) is 7.83. The Labute approximate surface area is 181 Å². The molecule has 1 aromatic rings.